The van der Waals surface area contributed by atoms with E-state index >= 15 is 0 Å². The van der Waals surface area contributed by atoms with Gasteiger partial charge in [0.25, 0.3) is 11.5 Å². The molecule has 4 rings (SSSR count). The van der Waals surface area contributed by atoms with Gasteiger partial charge in [-0.3, -0.25) is 14.4 Å². The number of amides is 2. The van der Waals surface area contributed by atoms with Crippen LogP contribution in [0.3, 0.4) is 0 Å². The van der Waals surface area contributed by atoms with Crippen LogP contribution < -0.4 is 16.2 Å². The SMILES string of the molecule is CC(C)(C)C(=O)NCc1ccc(Cl)c(C(=O)Nc2ccc3cnn(CC4CCCCC4)c(=O)c3c2)c1. The first kappa shape index (κ1) is 25.9. The van der Waals surface area contributed by atoms with E-state index in [2.05, 4.69) is 15.7 Å². The Hall–Kier alpha value is -3.19. The average Bonchev–Trinajstić information content (AvgIpc) is 2.85. The Bertz CT molecular complexity index is 1340. The van der Waals surface area contributed by atoms with Crippen molar-refractivity contribution in [3.05, 3.63) is 69.1 Å². The summed E-state index contributed by atoms with van der Waals surface area (Å²) in [4.78, 5) is 38.4. The van der Waals surface area contributed by atoms with Gasteiger partial charge in [-0.2, -0.15) is 5.10 Å². The molecule has 8 heteroatoms. The number of anilines is 1. The lowest BCUT2D eigenvalue weighted by Gasteiger charge is -2.21. The molecule has 2 aromatic carbocycles. The number of benzene rings is 2. The molecular formula is C28H33ClN4O3. The second-order valence-corrected chi connectivity index (χ2v) is 11.0. The van der Waals surface area contributed by atoms with Crippen LogP contribution in [0.25, 0.3) is 10.8 Å². The van der Waals surface area contributed by atoms with E-state index in [-0.39, 0.29) is 23.9 Å². The average molecular weight is 509 g/mol. The molecule has 36 heavy (non-hydrogen) atoms. The highest BCUT2D eigenvalue weighted by Gasteiger charge is 2.21. The van der Waals surface area contributed by atoms with Crippen molar-refractivity contribution in [3.63, 3.8) is 0 Å². The van der Waals surface area contributed by atoms with E-state index in [0.717, 1.165) is 23.8 Å². The molecule has 0 aliphatic heterocycles. The number of carbonyl (C=O) groups excluding carboxylic acids is 2. The van der Waals surface area contributed by atoms with Crippen LogP contribution in [0.15, 0.2) is 47.4 Å². The summed E-state index contributed by atoms with van der Waals surface area (Å²) in [6.07, 6.45) is 7.63. The van der Waals surface area contributed by atoms with Crippen molar-refractivity contribution in [2.75, 3.05) is 5.32 Å². The van der Waals surface area contributed by atoms with Crippen molar-refractivity contribution < 1.29 is 9.59 Å². The predicted octanol–water partition coefficient (Wildman–Crippen LogP) is 5.54. The van der Waals surface area contributed by atoms with Gasteiger partial charge in [-0.05, 0) is 48.6 Å². The highest BCUT2D eigenvalue weighted by atomic mass is 35.5. The lowest BCUT2D eigenvalue weighted by atomic mass is 9.89. The molecule has 0 atom stereocenters. The van der Waals surface area contributed by atoms with E-state index in [9.17, 15) is 14.4 Å². The molecule has 2 N–H and O–H groups in total. The topological polar surface area (TPSA) is 93.1 Å². The normalized spacial score (nSPS) is 14.6. The molecule has 1 saturated carbocycles. The molecule has 190 valence electrons. The van der Waals surface area contributed by atoms with Crippen molar-refractivity contribution in [2.24, 2.45) is 11.3 Å². The van der Waals surface area contributed by atoms with Gasteiger partial charge in [0.2, 0.25) is 5.91 Å². The summed E-state index contributed by atoms with van der Waals surface area (Å²) < 4.78 is 1.55. The number of aromatic nitrogens is 2. The van der Waals surface area contributed by atoms with Crippen molar-refractivity contribution in [1.82, 2.24) is 15.1 Å². The molecule has 0 unspecified atom stereocenters. The van der Waals surface area contributed by atoms with Crippen molar-refractivity contribution in [1.29, 1.82) is 0 Å². The zero-order valence-electron chi connectivity index (χ0n) is 21.1. The molecule has 1 aromatic heterocycles. The number of carbonyl (C=O) groups is 2. The van der Waals surface area contributed by atoms with Crippen LogP contribution in [-0.4, -0.2) is 21.6 Å². The molecule has 1 heterocycles. The van der Waals surface area contributed by atoms with Gasteiger partial charge < -0.3 is 10.6 Å². The molecular weight excluding hydrogens is 476 g/mol. The Kier molecular flexibility index (Phi) is 7.79. The molecule has 1 fully saturated rings. The number of nitrogens with zero attached hydrogens (tertiary/aromatic N) is 2. The molecule has 2 amide bonds. The first-order valence-corrected chi connectivity index (χ1v) is 12.9. The van der Waals surface area contributed by atoms with Gasteiger partial charge in [-0.1, -0.05) is 63.8 Å². The minimum atomic E-state index is -0.507. The predicted molar refractivity (Wildman–Crippen MR) is 143 cm³/mol. The fourth-order valence-electron chi connectivity index (χ4n) is 4.50. The molecule has 0 spiro atoms. The van der Waals surface area contributed by atoms with Crippen LogP contribution in [0.4, 0.5) is 5.69 Å². The summed E-state index contributed by atoms with van der Waals surface area (Å²) in [6.45, 7) is 6.44. The second kappa shape index (κ2) is 10.8. The van der Waals surface area contributed by atoms with Crippen LogP contribution in [0.2, 0.25) is 5.02 Å². The number of hydrogen-bond donors (Lipinski definition) is 2. The zero-order chi connectivity index (χ0) is 25.9. The van der Waals surface area contributed by atoms with Crippen LogP contribution in [-0.2, 0) is 17.9 Å². The highest BCUT2D eigenvalue weighted by Crippen LogP contribution is 2.25. The van der Waals surface area contributed by atoms with E-state index in [0.29, 0.717) is 34.1 Å². The lowest BCUT2D eigenvalue weighted by Crippen LogP contribution is -2.34. The number of nitrogens with one attached hydrogen (secondary N) is 2. The molecule has 1 aliphatic carbocycles. The first-order chi connectivity index (χ1) is 17.1. The zero-order valence-corrected chi connectivity index (χ0v) is 21.8. The van der Waals surface area contributed by atoms with Crippen molar-refractivity contribution >= 4 is 39.9 Å². The van der Waals surface area contributed by atoms with Crippen molar-refractivity contribution in [3.8, 4) is 0 Å². The van der Waals surface area contributed by atoms with Crippen LogP contribution in [0.5, 0.6) is 0 Å². The minimum Gasteiger partial charge on any atom is -0.352 e. The summed E-state index contributed by atoms with van der Waals surface area (Å²) >= 11 is 6.32. The Balaban J connectivity index is 1.51. The van der Waals surface area contributed by atoms with Gasteiger partial charge in [0.05, 0.1) is 22.2 Å². The third kappa shape index (κ3) is 6.13. The number of fused-ring (bicyclic) bond motifs is 1. The van der Waals surface area contributed by atoms with Crippen LogP contribution in [0, 0.1) is 11.3 Å². The molecule has 7 nitrogen and oxygen atoms in total. The highest BCUT2D eigenvalue weighted by molar-refractivity contribution is 6.34. The molecule has 0 saturated heterocycles. The summed E-state index contributed by atoms with van der Waals surface area (Å²) in [5.74, 6) is 0.00932. The Morgan fingerprint density at radius 1 is 1.08 bits per heavy atom. The number of rotatable bonds is 6. The summed E-state index contributed by atoms with van der Waals surface area (Å²) in [6, 6.07) is 10.3. The van der Waals surface area contributed by atoms with Gasteiger partial charge in [0.15, 0.2) is 0 Å². The standard InChI is InChI=1S/C28H33ClN4O3/c1-28(2,3)27(36)30-15-19-9-12-24(29)23(13-19)25(34)32-21-11-10-20-16-31-33(26(35)22(20)14-21)17-18-7-5-4-6-8-18/h9-14,16,18H,4-8,15,17H2,1-3H3,(H,30,36)(H,32,34). The molecule has 0 bridgehead atoms. The van der Waals surface area contributed by atoms with E-state index in [4.69, 9.17) is 11.6 Å². The number of halogens is 1. The molecule has 3 aromatic rings. The smallest absolute Gasteiger partial charge is 0.274 e. The summed E-state index contributed by atoms with van der Waals surface area (Å²) in [7, 11) is 0. The number of hydrogen-bond acceptors (Lipinski definition) is 4. The van der Waals surface area contributed by atoms with E-state index in [1.54, 1.807) is 47.3 Å². The molecule has 0 radical (unpaired) electrons. The fourth-order valence-corrected chi connectivity index (χ4v) is 4.71. The van der Waals surface area contributed by atoms with E-state index in [1.807, 2.05) is 20.8 Å². The van der Waals surface area contributed by atoms with Gasteiger partial charge in [-0.15, -0.1) is 0 Å². The third-order valence-electron chi connectivity index (χ3n) is 6.68. The Labute approximate surface area is 216 Å². The lowest BCUT2D eigenvalue weighted by molar-refractivity contribution is -0.128. The van der Waals surface area contributed by atoms with Crippen LogP contribution >= 0.6 is 11.6 Å². The maximum atomic E-state index is 13.1. The van der Waals surface area contributed by atoms with E-state index < -0.39 is 5.41 Å². The Morgan fingerprint density at radius 2 is 1.83 bits per heavy atom. The summed E-state index contributed by atoms with van der Waals surface area (Å²) in [5.41, 5.74) is 0.903. The van der Waals surface area contributed by atoms with Gasteiger partial charge in [-0.25, -0.2) is 4.68 Å². The second-order valence-electron chi connectivity index (χ2n) is 10.6. The first-order valence-electron chi connectivity index (χ1n) is 12.5. The van der Waals surface area contributed by atoms with Gasteiger partial charge in [0, 0.05) is 29.6 Å². The minimum absolute atomic E-state index is 0.0803. The Morgan fingerprint density at radius 3 is 2.56 bits per heavy atom. The van der Waals surface area contributed by atoms with Gasteiger partial charge in [0.1, 0.15) is 0 Å². The molecule has 1 aliphatic rings. The van der Waals surface area contributed by atoms with Gasteiger partial charge >= 0.3 is 0 Å². The third-order valence-corrected chi connectivity index (χ3v) is 7.01. The maximum Gasteiger partial charge on any atom is 0.274 e. The van der Waals surface area contributed by atoms with E-state index in [1.165, 1.54) is 19.3 Å². The maximum absolute atomic E-state index is 13.1. The quantitative estimate of drug-likeness (QED) is 0.457. The fraction of sp³-hybridized carbons (Fsp3) is 0.429. The van der Waals surface area contributed by atoms with Crippen molar-refractivity contribution in [2.45, 2.75) is 66.0 Å². The summed E-state index contributed by atoms with van der Waals surface area (Å²) in [5, 5.41) is 11.7. The monoisotopic (exact) mass is 508 g/mol. The largest absolute Gasteiger partial charge is 0.352 e. The van der Waals surface area contributed by atoms with Crippen LogP contribution in [0.1, 0.15) is 68.8 Å².